The van der Waals surface area contributed by atoms with Gasteiger partial charge in [0.2, 0.25) is 5.91 Å². The molecule has 4 nitrogen and oxygen atoms in total. The van der Waals surface area contributed by atoms with E-state index in [0.717, 1.165) is 29.8 Å². The summed E-state index contributed by atoms with van der Waals surface area (Å²) in [7, 11) is 0. The Morgan fingerprint density at radius 1 is 1.24 bits per heavy atom. The van der Waals surface area contributed by atoms with Gasteiger partial charge in [0.05, 0.1) is 15.2 Å². The summed E-state index contributed by atoms with van der Waals surface area (Å²) < 4.78 is 1.20. The molecule has 1 aromatic heterocycles. The number of nitrogens with two attached hydrogens (primary N) is 1. The Morgan fingerprint density at radius 2 is 1.96 bits per heavy atom. The van der Waals surface area contributed by atoms with Gasteiger partial charge in [-0.1, -0.05) is 18.6 Å². The molecule has 136 valence electrons. The smallest absolute Gasteiger partial charge is 0.220 e. The van der Waals surface area contributed by atoms with Crippen molar-refractivity contribution in [3.8, 4) is 0 Å². The van der Waals surface area contributed by atoms with E-state index in [-0.39, 0.29) is 18.3 Å². The highest BCUT2D eigenvalue weighted by molar-refractivity contribution is 7.18. The van der Waals surface area contributed by atoms with Crippen LogP contribution in [0.4, 0.5) is 0 Å². The van der Waals surface area contributed by atoms with E-state index in [4.69, 9.17) is 5.73 Å². The van der Waals surface area contributed by atoms with Gasteiger partial charge in [-0.3, -0.25) is 4.79 Å². The van der Waals surface area contributed by atoms with Crippen LogP contribution in [0.3, 0.4) is 0 Å². The normalized spacial score (nSPS) is 28.4. The minimum atomic E-state index is 0. The summed E-state index contributed by atoms with van der Waals surface area (Å²) in [6.45, 7) is 0. The Morgan fingerprint density at radius 3 is 2.68 bits per heavy atom. The summed E-state index contributed by atoms with van der Waals surface area (Å²) in [5, 5.41) is 4.38. The number of nitrogens with one attached hydrogen (secondary N) is 1. The van der Waals surface area contributed by atoms with Crippen LogP contribution in [-0.4, -0.2) is 23.0 Å². The largest absolute Gasteiger partial charge is 0.353 e. The Hall–Kier alpha value is -1.17. The van der Waals surface area contributed by atoms with Gasteiger partial charge in [0.25, 0.3) is 0 Å². The van der Waals surface area contributed by atoms with Crippen LogP contribution >= 0.6 is 23.7 Å². The molecule has 2 bridgehead atoms. The number of amides is 1. The topological polar surface area (TPSA) is 68.0 Å². The number of hydrogen-bond donors (Lipinski definition) is 2. The van der Waals surface area contributed by atoms with Gasteiger partial charge in [-0.2, -0.15) is 0 Å². The second kappa shape index (κ2) is 8.02. The number of hydrogen-bond acceptors (Lipinski definition) is 4. The van der Waals surface area contributed by atoms with Crippen molar-refractivity contribution in [3.63, 3.8) is 0 Å². The SMILES string of the molecule is Cl.NC1CC2CCCC(C1)C2NC(=O)CCc1nc2ccccc2s1. The molecule has 2 aromatic rings. The van der Waals surface area contributed by atoms with Crippen molar-refractivity contribution >= 4 is 39.9 Å². The van der Waals surface area contributed by atoms with Gasteiger partial charge in [0.1, 0.15) is 0 Å². The van der Waals surface area contributed by atoms with Crippen LogP contribution in [0.1, 0.15) is 43.5 Å². The minimum Gasteiger partial charge on any atom is -0.353 e. The highest BCUT2D eigenvalue weighted by atomic mass is 35.5. The number of halogens is 1. The fraction of sp³-hybridized carbons (Fsp3) is 0.579. The highest BCUT2D eigenvalue weighted by Gasteiger charge is 2.39. The lowest BCUT2D eigenvalue weighted by molar-refractivity contribution is -0.123. The van der Waals surface area contributed by atoms with Crippen LogP contribution in [0.25, 0.3) is 10.2 Å². The first kappa shape index (κ1) is 18.6. The average molecular weight is 380 g/mol. The monoisotopic (exact) mass is 379 g/mol. The maximum Gasteiger partial charge on any atom is 0.220 e. The lowest BCUT2D eigenvalue weighted by Crippen LogP contribution is -2.53. The molecule has 0 saturated heterocycles. The molecule has 2 unspecified atom stereocenters. The number of fused-ring (bicyclic) bond motifs is 3. The predicted molar refractivity (Wildman–Crippen MR) is 105 cm³/mol. The summed E-state index contributed by atoms with van der Waals surface area (Å²) in [5.74, 6) is 1.34. The number of benzene rings is 1. The maximum absolute atomic E-state index is 12.4. The van der Waals surface area contributed by atoms with Gasteiger partial charge in [-0.15, -0.1) is 23.7 Å². The van der Waals surface area contributed by atoms with E-state index in [2.05, 4.69) is 16.4 Å². The van der Waals surface area contributed by atoms with Crippen molar-refractivity contribution in [1.82, 2.24) is 10.3 Å². The zero-order valence-electron chi connectivity index (χ0n) is 14.3. The predicted octanol–water partition coefficient (Wildman–Crippen LogP) is 3.67. The Labute approximate surface area is 159 Å². The van der Waals surface area contributed by atoms with Crippen molar-refractivity contribution in [1.29, 1.82) is 0 Å². The van der Waals surface area contributed by atoms with Crippen molar-refractivity contribution in [2.75, 3.05) is 0 Å². The molecule has 2 atom stereocenters. The number of carbonyl (C=O) groups is 1. The van der Waals surface area contributed by atoms with Gasteiger partial charge in [-0.05, 0) is 49.7 Å². The molecule has 3 N–H and O–H groups in total. The molecule has 2 fully saturated rings. The third kappa shape index (κ3) is 4.15. The first-order chi connectivity index (χ1) is 11.7. The number of carbonyl (C=O) groups excluding carboxylic acids is 1. The molecule has 0 aliphatic heterocycles. The van der Waals surface area contributed by atoms with Crippen LogP contribution in [0.2, 0.25) is 0 Å². The van der Waals surface area contributed by atoms with Crippen LogP contribution < -0.4 is 11.1 Å². The van der Waals surface area contributed by atoms with Crippen molar-refractivity contribution in [2.45, 2.75) is 57.0 Å². The van der Waals surface area contributed by atoms with E-state index in [1.807, 2.05) is 18.2 Å². The minimum absolute atomic E-state index is 0. The molecule has 2 aliphatic carbocycles. The first-order valence-electron chi connectivity index (χ1n) is 9.08. The number of aryl methyl sites for hydroxylation is 1. The number of rotatable bonds is 4. The van der Waals surface area contributed by atoms with E-state index in [1.54, 1.807) is 11.3 Å². The number of nitrogens with zero attached hydrogens (tertiary/aromatic N) is 1. The number of para-hydroxylation sites is 1. The van der Waals surface area contributed by atoms with Crippen molar-refractivity contribution in [2.24, 2.45) is 17.6 Å². The van der Waals surface area contributed by atoms with Crippen molar-refractivity contribution < 1.29 is 4.79 Å². The maximum atomic E-state index is 12.4. The zero-order chi connectivity index (χ0) is 16.5. The van der Waals surface area contributed by atoms with E-state index in [9.17, 15) is 4.79 Å². The fourth-order valence-electron chi connectivity index (χ4n) is 4.53. The Bertz CT molecular complexity index is 687. The van der Waals surface area contributed by atoms with Gasteiger partial charge in [0.15, 0.2) is 0 Å². The second-order valence-corrected chi connectivity index (χ2v) is 8.47. The molecule has 2 saturated carbocycles. The van der Waals surface area contributed by atoms with Crippen LogP contribution in [-0.2, 0) is 11.2 Å². The number of aromatic nitrogens is 1. The average Bonchev–Trinajstić information content (AvgIpc) is 2.97. The zero-order valence-corrected chi connectivity index (χ0v) is 16.0. The summed E-state index contributed by atoms with van der Waals surface area (Å²) in [6, 6.07) is 8.83. The van der Waals surface area contributed by atoms with Gasteiger partial charge in [0, 0.05) is 24.9 Å². The summed E-state index contributed by atoms with van der Waals surface area (Å²) in [4.78, 5) is 17.1. The number of thiazole rings is 1. The summed E-state index contributed by atoms with van der Waals surface area (Å²) in [6.07, 6.45) is 7.12. The third-order valence-electron chi connectivity index (χ3n) is 5.61. The van der Waals surface area contributed by atoms with E-state index < -0.39 is 0 Å². The van der Waals surface area contributed by atoms with E-state index in [0.29, 0.717) is 30.3 Å². The molecule has 1 heterocycles. The van der Waals surface area contributed by atoms with Gasteiger partial charge >= 0.3 is 0 Å². The lowest BCUT2D eigenvalue weighted by Gasteiger charge is -2.45. The lowest BCUT2D eigenvalue weighted by atomic mass is 9.67. The standard InChI is InChI=1S/C19H25N3OS.ClH/c20-14-10-12-4-3-5-13(11-14)19(12)22-17(23)8-9-18-21-15-6-1-2-7-16(15)24-18;/h1-2,6-7,12-14,19H,3-5,8-11,20H2,(H,22,23);1H. The van der Waals surface area contributed by atoms with Crippen LogP contribution in [0, 0.1) is 11.8 Å². The molecule has 1 aromatic carbocycles. The van der Waals surface area contributed by atoms with Crippen LogP contribution in [0.15, 0.2) is 24.3 Å². The molecule has 0 spiro atoms. The molecular formula is C19H26ClN3OS. The summed E-state index contributed by atoms with van der Waals surface area (Å²) in [5.41, 5.74) is 7.21. The highest BCUT2D eigenvalue weighted by Crippen LogP contribution is 2.39. The van der Waals surface area contributed by atoms with Crippen LogP contribution in [0.5, 0.6) is 0 Å². The first-order valence-corrected chi connectivity index (χ1v) is 9.90. The molecule has 6 heteroatoms. The molecule has 0 radical (unpaired) electrons. The quantitative estimate of drug-likeness (QED) is 0.851. The van der Waals surface area contributed by atoms with E-state index in [1.165, 1.54) is 24.0 Å². The summed E-state index contributed by atoms with van der Waals surface area (Å²) >= 11 is 1.69. The molecule has 2 aliphatic rings. The molecule has 1 amide bonds. The molecule has 25 heavy (non-hydrogen) atoms. The van der Waals surface area contributed by atoms with Crippen molar-refractivity contribution in [3.05, 3.63) is 29.3 Å². The molecular weight excluding hydrogens is 354 g/mol. The Balaban J connectivity index is 0.00000182. The fourth-order valence-corrected chi connectivity index (χ4v) is 5.50. The Kier molecular flexibility index (Phi) is 5.97. The van der Waals surface area contributed by atoms with Gasteiger partial charge < -0.3 is 11.1 Å². The van der Waals surface area contributed by atoms with E-state index >= 15 is 0 Å². The van der Waals surface area contributed by atoms with Gasteiger partial charge in [-0.25, -0.2) is 4.98 Å². The third-order valence-corrected chi connectivity index (χ3v) is 6.70. The second-order valence-electron chi connectivity index (χ2n) is 7.35. The molecule has 4 rings (SSSR count).